The molecule has 37 heavy (non-hydrogen) atoms. The van der Waals surface area contributed by atoms with Gasteiger partial charge in [0, 0.05) is 35.0 Å². The number of rotatable bonds is 10. The Morgan fingerprint density at radius 2 is 1.81 bits per heavy atom. The maximum atomic E-state index is 14.2. The minimum atomic E-state index is -1.12. The fraction of sp³-hybridized carbons (Fsp3) is 0.483. The van der Waals surface area contributed by atoms with Crippen LogP contribution in [0.15, 0.2) is 48.5 Å². The molecular weight excluding hydrogens is 511 g/mol. The third-order valence-electron chi connectivity index (χ3n) is 7.70. The summed E-state index contributed by atoms with van der Waals surface area (Å²) in [6.07, 6.45) is 3.35. The van der Waals surface area contributed by atoms with Gasteiger partial charge in [-0.2, -0.15) is 0 Å². The smallest absolute Gasteiger partial charge is 0.304 e. The summed E-state index contributed by atoms with van der Waals surface area (Å²) in [4.78, 5) is 40.5. The van der Waals surface area contributed by atoms with Crippen molar-refractivity contribution in [2.24, 2.45) is 11.3 Å². The fourth-order valence-corrected chi connectivity index (χ4v) is 5.93. The summed E-state index contributed by atoms with van der Waals surface area (Å²) in [5.41, 5.74) is 0.727. The number of benzene rings is 2. The molecule has 4 atom stereocenters. The van der Waals surface area contributed by atoms with Crippen LogP contribution in [0, 0.1) is 11.3 Å². The van der Waals surface area contributed by atoms with Crippen LogP contribution in [0.2, 0.25) is 10.0 Å². The van der Waals surface area contributed by atoms with E-state index in [0.29, 0.717) is 41.8 Å². The molecule has 4 rings (SSSR count). The molecule has 198 valence electrons. The largest absolute Gasteiger partial charge is 0.481 e. The molecule has 2 aliphatic rings. The lowest BCUT2D eigenvalue weighted by molar-refractivity contribution is -0.160. The van der Waals surface area contributed by atoms with Crippen molar-refractivity contribution < 1.29 is 19.5 Å². The van der Waals surface area contributed by atoms with Gasteiger partial charge in [-0.15, -0.1) is 0 Å². The molecule has 1 saturated carbocycles. The number of carbonyl (C=O) groups is 3. The lowest BCUT2D eigenvalue weighted by Gasteiger charge is -2.52. The van der Waals surface area contributed by atoms with Crippen molar-refractivity contribution in [3.8, 4) is 0 Å². The minimum Gasteiger partial charge on any atom is -0.481 e. The van der Waals surface area contributed by atoms with Crippen LogP contribution in [-0.2, 0) is 14.4 Å². The molecule has 1 aliphatic carbocycles. The first-order chi connectivity index (χ1) is 17.6. The maximum Gasteiger partial charge on any atom is 0.304 e. The number of carboxylic acid groups (broad SMARTS) is 1. The first-order valence-electron chi connectivity index (χ1n) is 12.9. The standard InChI is InChI=1S/C29H34Cl2N2O4/c1-3-23(17-32-25(34)13-18-7-8-18)33-27(19-9-11-21(30)12-10-19)24(20-5-4-6-22(31)14-20)15-29(2,28(33)37)16-26(35)36/h4-6,9-12,14,18,23-24,27H,3,7-8,13,15-17H2,1-2H3,(H,32,34)(H,35,36)/t23-,24+,27+,29+/m0/s1. The van der Waals surface area contributed by atoms with Crippen molar-refractivity contribution >= 4 is 41.0 Å². The molecule has 2 aromatic carbocycles. The Bertz CT molecular complexity index is 1150. The quantitative estimate of drug-likeness (QED) is 0.371. The molecule has 2 amide bonds. The van der Waals surface area contributed by atoms with E-state index in [1.54, 1.807) is 25.1 Å². The number of piperidine rings is 1. The summed E-state index contributed by atoms with van der Waals surface area (Å²) >= 11 is 12.6. The molecule has 0 bridgehead atoms. The van der Waals surface area contributed by atoms with Gasteiger partial charge in [-0.3, -0.25) is 14.4 Å². The van der Waals surface area contributed by atoms with E-state index in [1.807, 2.05) is 42.2 Å². The number of likely N-dealkylation sites (tertiary alicyclic amines) is 1. The number of halogens is 2. The van der Waals surface area contributed by atoms with E-state index in [-0.39, 0.29) is 36.2 Å². The lowest BCUT2D eigenvalue weighted by atomic mass is 9.67. The summed E-state index contributed by atoms with van der Waals surface area (Å²) < 4.78 is 0. The third-order valence-corrected chi connectivity index (χ3v) is 8.19. The first kappa shape index (κ1) is 27.5. The highest BCUT2D eigenvalue weighted by Gasteiger charge is 2.52. The molecule has 0 radical (unpaired) electrons. The van der Waals surface area contributed by atoms with Crippen LogP contribution >= 0.6 is 23.2 Å². The number of carboxylic acids is 1. The van der Waals surface area contributed by atoms with Crippen LogP contribution in [0.1, 0.15) is 75.5 Å². The first-order valence-corrected chi connectivity index (χ1v) is 13.7. The second kappa shape index (κ2) is 11.4. The monoisotopic (exact) mass is 544 g/mol. The Morgan fingerprint density at radius 3 is 2.41 bits per heavy atom. The molecule has 2 N–H and O–H groups in total. The topological polar surface area (TPSA) is 86.7 Å². The molecule has 0 spiro atoms. The summed E-state index contributed by atoms with van der Waals surface area (Å²) in [7, 11) is 0. The zero-order chi connectivity index (χ0) is 26.7. The molecule has 0 aromatic heterocycles. The van der Waals surface area contributed by atoms with Crippen molar-refractivity contribution in [3.63, 3.8) is 0 Å². The SMILES string of the molecule is CC[C@@H](CNC(=O)CC1CC1)N1C(=O)[C@@](C)(CC(=O)O)C[C@H](c2cccc(Cl)c2)[C@H]1c1ccc(Cl)cc1. The molecule has 2 fully saturated rings. The Balaban J connectivity index is 1.78. The predicted octanol–water partition coefficient (Wildman–Crippen LogP) is 6.23. The third kappa shape index (κ3) is 6.47. The van der Waals surface area contributed by atoms with Gasteiger partial charge in [0.1, 0.15) is 0 Å². The number of carbonyl (C=O) groups excluding carboxylic acids is 2. The molecule has 2 aromatic rings. The average molecular weight is 546 g/mol. The van der Waals surface area contributed by atoms with Crippen LogP contribution in [0.5, 0.6) is 0 Å². The van der Waals surface area contributed by atoms with Gasteiger partial charge in [-0.25, -0.2) is 0 Å². The summed E-state index contributed by atoms with van der Waals surface area (Å²) in [5.74, 6) is -0.983. The Labute approximate surface area is 228 Å². The van der Waals surface area contributed by atoms with Gasteiger partial charge < -0.3 is 15.3 Å². The normalized spacial score (nSPS) is 24.5. The molecule has 0 unspecified atom stereocenters. The van der Waals surface area contributed by atoms with Crippen LogP contribution in [0.4, 0.5) is 0 Å². The van der Waals surface area contributed by atoms with Gasteiger partial charge in [0.2, 0.25) is 11.8 Å². The molecule has 1 heterocycles. The van der Waals surface area contributed by atoms with Crippen LogP contribution in [-0.4, -0.2) is 40.4 Å². The number of amides is 2. The van der Waals surface area contributed by atoms with Gasteiger partial charge >= 0.3 is 5.97 Å². The Morgan fingerprint density at radius 1 is 1.11 bits per heavy atom. The Kier molecular flexibility index (Phi) is 8.49. The average Bonchev–Trinajstić information content (AvgIpc) is 3.66. The number of nitrogens with one attached hydrogen (secondary N) is 1. The summed E-state index contributed by atoms with van der Waals surface area (Å²) in [6.45, 7) is 4.04. The lowest BCUT2D eigenvalue weighted by Crippen LogP contribution is -2.58. The molecule has 8 heteroatoms. The van der Waals surface area contributed by atoms with Gasteiger partial charge in [0.05, 0.1) is 17.9 Å². The van der Waals surface area contributed by atoms with E-state index in [0.717, 1.165) is 24.0 Å². The van der Waals surface area contributed by atoms with E-state index in [2.05, 4.69) is 5.32 Å². The summed E-state index contributed by atoms with van der Waals surface area (Å²) in [6, 6.07) is 14.3. The predicted molar refractivity (Wildman–Crippen MR) is 145 cm³/mol. The number of nitrogens with zero attached hydrogens (tertiary/aromatic N) is 1. The van der Waals surface area contributed by atoms with Gasteiger partial charge in [-0.05, 0) is 67.0 Å². The minimum absolute atomic E-state index is 0.00635. The van der Waals surface area contributed by atoms with E-state index in [4.69, 9.17) is 23.2 Å². The number of hydrogen-bond donors (Lipinski definition) is 2. The van der Waals surface area contributed by atoms with Gasteiger partial charge in [0.15, 0.2) is 0 Å². The zero-order valence-corrected chi connectivity index (χ0v) is 22.8. The fourth-order valence-electron chi connectivity index (χ4n) is 5.61. The van der Waals surface area contributed by atoms with E-state index >= 15 is 0 Å². The highest BCUT2D eigenvalue weighted by atomic mass is 35.5. The van der Waals surface area contributed by atoms with Crippen molar-refractivity contribution in [3.05, 3.63) is 69.7 Å². The van der Waals surface area contributed by atoms with Crippen LogP contribution in [0.25, 0.3) is 0 Å². The molecule has 1 aliphatic heterocycles. The molecule has 6 nitrogen and oxygen atoms in total. The van der Waals surface area contributed by atoms with Crippen molar-refractivity contribution in [2.45, 2.75) is 70.4 Å². The maximum absolute atomic E-state index is 14.2. The van der Waals surface area contributed by atoms with Crippen molar-refractivity contribution in [2.75, 3.05) is 6.54 Å². The highest BCUT2D eigenvalue weighted by molar-refractivity contribution is 6.30. The summed E-state index contributed by atoms with van der Waals surface area (Å²) in [5, 5.41) is 14.0. The number of aliphatic carboxylic acids is 1. The molecular formula is C29H34Cl2N2O4. The second-order valence-corrected chi connectivity index (χ2v) is 11.6. The van der Waals surface area contributed by atoms with E-state index in [1.165, 1.54) is 0 Å². The highest BCUT2D eigenvalue weighted by Crippen LogP contribution is 2.52. The van der Waals surface area contributed by atoms with E-state index < -0.39 is 11.4 Å². The van der Waals surface area contributed by atoms with Gasteiger partial charge in [0.25, 0.3) is 0 Å². The van der Waals surface area contributed by atoms with Crippen molar-refractivity contribution in [1.29, 1.82) is 0 Å². The number of hydrogen-bond acceptors (Lipinski definition) is 3. The molecule has 1 saturated heterocycles. The van der Waals surface area contributed by atoms with Crippen molar-refractivity contribution in [1.82, 2.24) is 10.2 Å². The zero-order valence-electron chi connectivity index (χ0n) is 21.3. The van der Waals surface area contributed by atoms with Crippen LogP contribution < -0.4 is 5.32 Å². The second-order valence-electron chi connectivity index (χ2n) is 10.7. The van der Waals surface area contributed by atoms with E-state index in [9.17, 15) is 19.5 Å². The van der Waals surface area contributed by atoms with Crippen LogP contribution in [0.3, 0.4) is 0 Å². The van der Waals surface area contributed by atoms with Gasteiger partial charge in [-0.1, -0.05) is 61.3 Å². The Hall–Kier alpha value is -2.57.